The maximum absolute atomic E-state index is 11.1. The zero-order chi connectivity index (χ0) is 11.8. The first kappa shape index (κ1) is 10.8. The highest BCUT2D eigenvalue weighted by Gasteiger charge is 2.34. The number of oxazole rings is 1. The van der Waals surface area contributed by atoms with Crippen LogP contribution in [0.2, 0.25) is 0 Å². The molecule has 4 nitrogen and oxygen atoms in total. The molecule has 0 bridgehead atoms. The molecule has 1 aromatic rings. The third-order valence-electron chi connectivity index (χ3n) is 3.78. The molecule has 2 aliphatic rings. The van der Waals surface area contributed by atoms with Gasteiger partial charge in [0, 0.05) is 11.8 Å². The van der Waals surface area contributed by atoms with Crippen LogP contribution in [0.3, 0.4) is 0 Å². The SMILES string of the molecule is O=C(O)c1oc(C2CCCCC2)nc1C1CC1. The Balaban J connectivity index is 1.89. The molecule has 1 N–H and O–H groups in total. The summed E-state index contributed by atoms with van der Waals surface area (Å²) < 4.78 is 5.51. The number of carbonyl (C=O) groups is 1. The number of aromatic nitrogens is 1. The molecule has 3 rings (SSSR count). The van der Waals surface area contributed by atoms with Gasteiger partial charge in [0.2, 0.25) is 5.76 Å². The lowest BCUT2D eigenvalue weighted by molar-refractivity contribution is 0.0657. The largest absolute Gasteiger partial charge is 0.475 e. The quantitative estimate of drug-likeness (QED) is 0.873. The standard InChI is InChI=1S/C13H17NO3/c15-13(16)11-10(8-6-7-8)14-12(17-11)9-4-2-1-3-5-9/h8-9H,1-7H2,(H,15,16). The second-order valence-corrected chi connectivity index (χ2v) is 5.18. The molecule has 0 aliphatic heterocycles. The van der Waals surface area contributed by atoms with Crippen LogP contribution in [0.5, 0.6) is 0 Å². The van der Waals surface area contributed by atoms with E-state index >= 15 is 0 Å². The van der Waals surface area contributed by atoms with E-state index < -0.39 is 5.97 Å². The summed E-state index contributed by atoms with van der Waals surface area (Å²) >= 11 is 0. The normalized spacial score (nSPS) is 21.6. The van der Waals surface area contributed by atoms with Crippen LogP contribution < -0.4 is 0 Å². The third-order valence-corrected chi connectivity index (χ3v) is 3.78. The second kappa shape index (κ2) is 4.17. The molecule has 0 radical (unpaired) electrons. The number of hydrogen-bond acceptors (Lipinski definition) is 3. The average Bonchev–Trinajstić information content (AvgIpc) is 3.09. The number of carboxylic acid groups (broad SMARTS) is 1. The fourth-order valence-corrected chi connectivity index (χ4v) is 2.66. The van der Waals surface area contributed by atoms with E-state index in [2.05, 4.69) is 4.98 Å². The predicted octanol–water partition coefficient (Wildman–Crippen LogP) is 3.30. The molecule has 0 spiro atoms. The molecule has 0 amide bonds. The molecule has 2 aliphatic carbocycles. The molecule has 0 atom stereocenters. The van der Waals surface area contributed by atoms with Gasteiger partial charge in [-0.3, -0.25) is 0 Å². The Bertz CT molecular complexity index is 428. The van der Waals surface area contributed by atoms with Gasteiger partial charge in [-0.2, -0.15) is 0 Å². The number of hydrogen-bond donors (Lipinski definition) is 1. The van der Waals surface area contributed by atoms with Crippen LogP contribution in [0.4, 0.5) is 0 Å². The van der Waals surface area contributed by atoms with Crippen molar-refractivity contribution in [1.82, 2.24) is 4.98 Å². The van der Waals surface area contributed by atoms with Crippen LogP contribution in [0, 0.1) is 0 Å². The third kappa shape index (κ3) is 2.08. The summed E-state index contributed by atoms with van der Waals surface area (Å²) in [5.41, 5.74) is 0.693. The lowest BCUT2D eigenvalue weighted by Crippen LogP contribution is -2.04. The van der Waals surface area contributed by atoms with Crippen LogP contribution in [-0.2, 0) is 0 Å². The Labute approximate surface area is 100 Å². The van der Waals surface area contributed by atoms with Gasteiger partial charge in [-0.25, -0.2) is 9.78 Å². The Hall–Kier alpha value is -1.32. The molecule has 2 fully saturated rings. The van der Waals surface area contributed by atoms with Gasteiger partial charge < -0.3 is 9.52 Å². The first-order valence-electron chi connectivity index (χ1n) is 6.49. The van der Waals surface area contributed by atoms with Gasteiger partial charge >= 0.3 is 5.97 Å². The number of nitrogens with zero attached hydrogens (tertiary/aromatic N) is 1. The van der Waals surface area contributed by atoms with Crippen LogP contribution in [-0.4, -0.2) is 16.1 Å². The molecule has 0 unspecified atom stereocenters. The van der Waals surface area contributed by atoms with E-state index in [9.17, 15) is 4.79 Å². The summed E-state index contributed by atoms with van der Waals surface area (Å²) in [6.45, 7) is 0. The lowest BCUT2D eigenvalue weighted by Gasteiger charge is -2.17. The zero-order valence-corrected chi connectivity index (χ0v) is 9.82. The fraction of sp³-hybridized carbons (Fsp3) is 0.692. The van der Waals surface area contributed by atoms with Crippen molar-refractivity contribution in [2.45, 2.75) is 56.8 Å². The van der Waals surface area contributed by atoms with Gasteiger partial charge in [0.05, 0.1) is 5.69 Å². The minimum Gasteiger partial charge on any atom is -0.475 e. The highest BCUT2D eigenvalue weighted by Crippen LogP contribution is 2.43. The van der Waals surface area contributed by atoms with Gasteiger partial charge in [0.1, 0.15) is 0 Å². The fourth-order valence-electron chi connectivity index (χ4n) is 2.66. The molecule has 92 valence electrons. The van der Waals surface area contributed by atoms with E-state index in [0.29, 0.717) is 23.4 Å². The Kier molecular flexibility index (Phi) is 2.65. The molecule has 1 aromatic heterocycles. The van der Waals surface area contributed by atoms with E-state index in [1.807, 2.05) is 0 Å². The molecule has 4 heteroatoms. The van der Waals surface area contributed by atoms with E-state index in [0.717, 1.165) is 25.7 Å². The Morgan fingerprint density at radius 2 is 1.82 bits per heavy atom. The van der Waals surface area contributed by atoms with Crippen molar-refractivity contribution < 1.29 is 14.3 Å². The number of rotatable bonds is 3. The minimum atomic E-state index is -0.971. The van der Waals surface area contributed by atoms with Gasteiger partial charge in [-0.05, 0) is 25.7 Å². The lowest BCUT2D eigenvalue weighted by atomic mass is 9.89. The molecule has 17 heavy (non-hydrogen) atoms. The van der Waals surface area contributed by atoms with Crippen molar-refractivity contribution in [1.29, 1.82) is 0 Å². The highest BCUT2D eigenvalue weighted by atomic mass is 16.4. The topological polar surface area (TPSA) is 63.3 Å². The summed E-state index contributed by atoms with van der Waals surface area (Å²) in [6, 6.07) is 0. The van der Waals surface area contributed by atoms with Gasteiger partial charge in [0.15, 0.2) is 5.89 Å². The molecule has 1 heterocycles. The molecule has 2 saturated carbocycles. The summed E-state index contributed by atoms with van der Waals surface area (Å²) in [5, 5.41) is 9.12. The summed E-state index contributed by atoms with van der Waals surface area (Å²) in [6.07, 6.45) is 7.96. The Morgan fingerprint density at radius 1 is 1.12 bits per heavy atom. The monoisotopic (exact) mass is 235 g/mol. The minimum absolute atomic E-state index is 0.0908. The van der Waals surface area contributed by atoms with Gasteiger partial charge in [-0.1, -0.05) is 19.3 Å². The second-order valence-electron chi connectivity index (χ2n) is 5.18. The van der Waals surface area contributed by atoms with Crippen LogP contribution in [0.1, 0.15) is 78.9 Å². The van der Waals surface area contributed by atoms with Crippen molar-refractivity contribution in [2.24, 2.45) is 0 Å². The van der Waals surface area contributed by atoms with Crippen LogP contribution in [0.25, 0.3) is 0 Å². The molecular formula is C13H17NO3. The summed E-state index contributed by atoms with van der Waals surface area (Å²) in [5.74, 6) is 0.468. The van der Waals surface area contributed by atoms with Crippen LogP contribution in [0.15, 0.2) is 4.42 Å². The zero-order valence-electron chi connectivity index (χ0n) is 9.82. The van der Waals surface area contributed by atoms with E-state index in [-0.39, 0.29) is 5.76 Å². The average molecular weight is 235 g/mol. The Morgan fingerprint density at radius 3 is 2.41 bits per heavy atom. The number of aromatic carboxylic acids is 1. The van der Waals surface area contributed by atoms with Crippen molar-refractivity contribution in [3.63, 3.8) is 0 Å². The summed E-state index contributed by atoms with van der Waals surface area (Å²) in [7, 11) is 0. The maximum Gasteiger partial charge on any atom is 0.373 e. The number of carboxylic acids is 1. The summed E-state index contributed by atoms with van der Waals surface area (Å²) in [4.78, 5) is 15.6. The van der Waals surface area contributed by atoms with Crippen molar-refractivity contribution in [2.75, 3.05) is 0 Å². The molecule has 0 aromatic carbocycles. The first-order valence-corrected chi connectivity index (χ1v) is 6.49. The van der Waals surface area contributed by atoms with E-state index in [4.69, 9.17) is 9.52 Å². The smallest absolute Gasteiger partial charge is 0.373 e. The van der Waals surface area contributed by atoms with Gasteiger partial charge in [-0.15, -0.1) is 0 Å². The molecular weight excluding hydrogens is 218 g/mol. The highest BCUT2D eigenvalue weighted by molar-refractivity contribution is 5.86. The maximum atomic E-state index is 11.1. The van der Waals surface area contributed by atoms with E-state index in [1.165, 1.54) is 19.3 Å². The predicted molar refractivity (Wildman–Crippen MR) is 61.3 cm³/mol. The van der Waals surface area contributed by atoms with Gasteiger partial charge in [0.25, 0.3) is 0 Å². The van der Waals surface area contributed by atoms with Crippen molar-refractivity contribution in [3.05, 3.63) is 17.3 Å². The van der Waals surface area contributed by atoms with Crippen molar-refractivity contribution >= 4 is 5.97 Å². The van der Waals surface area contributed by atoms with E-state index in [1.54, 1.807) is 0 Å². The van der Waals surface area contributed by atoms with Crippen LogP contribution >= 0.6 is 0 Å². The van der Waals surface area contributed by atoms with Crippen molar-refractivity contribution in [3.8, 4) is 0 Å². The first-order chi connectivity index (χ1) is 8.25. The molecule has 0 saturated heterocycles.